The van der Waals surface area contributed by atoms with Crippen molar-refractivity contribution in [1.29, 1.82) is 0 Å². The number of halogens is 2. The van der Waals surface area contributed by atoms with Gasteiger partial charge in [-0.2, -0.15) is 0 Å². The SMILES string of the molecule is O=C(Nc1cc(F)cc(F)c1C(=O)N1CCC1)Oc1nc(C2CC2)cnc1Nc1cncnc1. The summed E-state index contributed by atoms with van der Waals surface area (Å²) in [4.78, 5) is 43.2. The molecule has 0 bridgehead atoms. The van der Waals surface area contributed by atoms with Crippen LogP contribution in [0.5, 0.6) is 5.88 Å². The molecule has 5 rings (SSSR count). The van der Waals surface area contributed by atoms with Crippen LogP contribution in [0.1, 0.15) is 41.2 Å². The van der Waals surface area contributed by atoms with E-state index in [1.165, 1.54) is 23.6 Å². The molecule has 2 aromatic heterocycles. The third-order valence-electron chi connectivity index (χ3n) is 5.42. The van der Waals surface area contributed by atoms with Gasteiger partial charge in [-0.15, -0.1) is 0 Å². The quantitative estimate of drug-likeness (QED) is 0.564. The second kappa shape index (κ2) is 8.96. The van der Waals surface area contributed by atoms with Crippen LogP contribution < -0.4 is 15.4 Å². The molecule has 2 N–H and O–H groups in total. The molecule has 0 radical (unpaired) electrons. The van der Waals surface area contributed by atoms with Crippen LogP contribution in [0.25, 0.3) is 0 Å². The Bertz CT molecular complexity index is 1250. The third kappa shape index (κ3) is 4.60. The van der Waals surface area contributed by atoms with Gasteiger partial charge in [-0.25, -0.2) is 33.5 Å². The molecule has 3 aromatic rings. The van der Waals surface area contributed by atoms with Gasteiger partial charge in [-0.1, -0.05) is 0 Å². The molecule has 10 nitrogen and oxygen atoms in total. The summed E-state index contributed by atoms with van der Waals surface area (Å²) >= 11 is 0. The van der Waals surface area contributed by atoms with Crippen LogP contribution in [-0.2, 0) is 0 Å². The number of anilines is 3. The molecular weight excluding hydrogens is 448 g/mol. The predicted octanol–water partition coefficient (Wildman–Crippen LogP) is 3.62. The van der Waals surface area contributed by atoms with Crippen LogP contribution >= 0.6 is 0 Å². The second-order valence-corrected chi connectivity index (χ2v) is 7.95. The van der Waals surface area contributed by atoms with Gasteiger partial charge >= 0.3 is 6.09 Å². The van der Waals surface area contributed by atoms with Crippen molar-refractivity contribution in [2.75, 3.05) is 23.7 Å². The predicted molar refractivity (Wildman–Crippen MR) is 116 cm³/mol. The lowest BCUT2D eigenvalue weighted by atomic mass is 10.1. The van der Waals surface area contributed by atoms with Crippen molar-refractivity contribution in [1.82, 2.24) is 24.8 Å². The number of benzene rings is 1. The Kier molecular flexibility index (Phi) is 5.70. The number of hydrogen-bond donors (Lipinski definition) is 2. The van der Waals surface area contributed by atoms with Crippen LogP contribution in [-0.4, -0.2) is 49.9 Å². The minimum absolute atomic E-state index is 0.122. The van der Waals surface area contributed by atoms with Gasteiger partial charge in [0.05, 0.1) is 41.2 Å². The van der Waals surface area contributed by atoms with E-state index in [4.69, 9.17) is 4.74 Å². The molecule has 1 aromatic carbocycles. The lowest BCUT2D eigenvalue weighted by Gasteiger charge is -2.31. The first-order chi connectivity index (χ1) is 16.5. The Balaban J connectivity index is 1.40. The highest BCUT2D eigenvalue weighted by Gasteiger charge is 2.29. The molecule has 1 aliphatic carbocycles. The molecule has 12 heteroatoms. The fraction of sp³-hybridized carbons (Fsp3) is 0.273. The molecule has 1 saturated heterocycles. The second-order valence-electron chi connectivity index (χ2n) is 7.95. The van der Waals surface area contributed by atoms with Crippen molar-refractivity contribution >= 4 is 29.2 Å². The fourth-order valence-electron chi connectivity index (χ4n) is 3.41. The van der Waals surface area contributed by atoms with Crippen molar-refractivity contribution in [3.63, 3.8) is 0 Å². The molecule has 2 fully saturated rings. The van der Waals surface area contributed by atoms with Crippen LogP contribution in [0.2, 0.25) is 0 Å². The monoisotopic (exact) mass is 467 g/mol. The first-order valence-corrected chi connectivity index (χ1v) is 10.6. The normalized spacial score (nSPS) is 14.8. The number of carbonyl (C=O) groups excluding carboxylic acids is 2. The topological polar surface area (TPSA) is 122 Å². The summed E-state index contributed by atoms with van der Waals surface area (Å²) in [5, 5.41) is 5.19. The summed E-state index contributed by atoms with van der Waals surface area (Å²) < 4.78 is 33.7. The van der Waals surface area contributed by atoms with Gasteiger partial charge in [0.25, 0.3) is 11.8 Å². The number of nitrogens with one attached hydrogen (secondary N) is 2. The molecule has 2 amide bonds. The number of rotatable bonds is 6. The number of carbonyl (C=O) groups is 2. The largest absolute Gasteiger partial charge is 0.418 e. The van der Waals surface area contributed by atoms with Crippen molar-refractivity contribution < 1.29 is 23.1 Å². The summed E-state index contributed by atoms with van der Waals surface area (Å²) in [7, 11) is 0. The molecule has 2 aliphatic rings. The molecule has 0 spiro atoms. The van der Waals surface area contributed by atoms with Crippen molar-refractivity contribution in [2.24, 2.45) is 0 Å². The van der Waals surface area contributed by atoms with E-state index in [0.717, 1.165) is 25.3 Å². The van der Waals surface area contributed by atoms with Gasteiger partial charge in [0.15, 0.2) is 5.82 Å². The summed E-state index contributed by atoms with van der Waals surface area (Å²) in [6.45, 7) is 0.919. The minimum atomic E-state index is -1.09. The van der Waals surface area contributed by atoms with Crippen LogP contribution in [0.3, 0.4) is 0 Å². The van der Waals surface area contributed by atoms with Crippen LogP contribution in [0, 0.1) is 11.6 Å². The first kappa shape index (κ1) is 21.6. The average Bonchev–Trinajstić information content (AvgIpc) is 3.59. The maximum absolute atomic E-state index is 14.5. The van der Waals surface area contributed by atoms with E-state index in [1.54, 1.807) is 6.20 Å². The highest BCUT2D eigenvalue weighted by atomic mass is 19.1. The molecule has 0 unspecified atom stereocenters. The molecular formula is C22H19F2N7O3. The zero-order chi connectivity index (χ0) is 23.7. The molecule has 1 saturated carbocycles. The zero-order valence-corrected chi connectivity index (χ0v) is 17.8. The number of hydrogen-bond acceptors (Lipinski definition) is 8. The van der Waals surface area contributed by atoms with E-state index in [9.17, 15) is 18.4 Å². The number of aromatic nitrogens is 4. The van der Waals surface area contributed by atoms with Crippen molar-refractivity contribution in [2.45, 2.75) is 25.2 Å². The molecule has 3 heterocycles. The summed E-state index contributed by atoms with van der Waals surface area (Å²) in [5.41, 5.74) is 0.367. The highest BCUT2D eigenvalue weighted by Crippen LogP contribution is 2.40. The van der Waals surface area contributed by atoms with Gasteiger partial charge in [0.1, 0.15) is 18.0 Å². The van der Waals surface area contributed by atoms with Crippen molar-refractivity contribution in [3.8, 4) is 5.88 Å². The zero-order valence-electron chi connectivity index (χ0n) is 17.8. The van der Waals surface area contributed by atoms with E-state index >= 15 is 0 Å². The lowest BCUT2D eigenvalue weighted by molar-refractivity contribution is 0.0648. The Hall–Kier alpha value is -4.22. The Morgan fingerprint density at radius 3 is 2.53 bits per heavy atom. The van der Waals surface area contributed by atoms with Gasteiger partial charge in [-0.3, -0.25) is 10.1 Å². The molecule has 174 valence electrons. The summed E-state index contributed by atoms with van der Waals surface area (Å²) in [6, 6.07) is 1.46. The Morgan fingerprint density at radius 2 is 1.85 bits per heavy atom. The van der Waals surface area contributed by atoms with E-state index in [2.05, 4.69) is 30.6 Å². The summed E-state index contributed by atoms with van der Waals surface area (Å²) in [5.74, 6) is -2.45. The van der Waals surface area contributed by atoms with Gasteiger partial charge in [0, 0.05) is 25.1 Å². The maximum Gasteiger partial charge on any atom is 0.418 e. The highest BCUT2D eigenvalue weighted by molar-refractivity contribution is 6.03. The fourth-order valence-corrected chi connectivity index (χ4v) is 3.41. The third-order valence-corrected chi connectivity index (χ3v) is 5.42. The lowest BCUT2D eigenvalue weighted by Crippen LogP contribution is -2.42. The first-order valence-electron chi connectivity index (χ1n) is 10.6. The average molecular weight is 467 g/mol. The van der Waals surface area contributed by atoms with E-state index < -0.39 is 29.2 Å². The number of ether oxygens (including phenoxy) is 1. The maximum atomic E-state index is 14.5. The number of nitrogens with zero attached hydrogens (tertiary/aromatic N) is 5. The van der Waals surface area contributed by atoms with E-state index in [-0.39, 0.29) is 23.3 Å². The minimum Gasteiger partial charge on any atom is -0.387 e. The van der Waals surface area contributed by atoms with Crippen molar-refractivity contribution in [3.05, 3.63) is 59.9 Å². The van der Waals surface area contributed by atoms with E-state index in [1.807, 2.05) is 0 Å². The van der Waals surface area contributed by atoms with Gasteiger partial charge in [-0.05, 0) is 25.3 Å². The molecule has 1 aliphatic heterocycles. The molecule has 34 heavy (non-hydrogen) atoms. The van der Waals surface area contributed by atoms with Gasteiger partial charge < -0.3 is 15.0 Å². The van der Waals surface area contributed by atoms with Gasteiger partial charge in [0.2, 0.25) is 0 Å². The van der Waals surface area contributed by atoms with Crippen LogP contribution in [0.4, 0.5) is 30.8 Å². The molecule has 0 atom stereocenters. The smallest absolute Gasteiger partial charge is 0.387 e. The number of likely N-dealkylation sites (tertiary alicyclic amines) is 1. The van der Waals surface area contributed by atoms with Crippen LogP contribution in [0.15, 0.2) is 37.1 Å². The Morgan fingerprint density at radius 1 is 1.09 bits per heavy atom. The summed E-state index contributed by atoms with van der Waals surface area (Å²) in [6.07, 6.45) is 7.53. The Labute approximate surface area is 192 Å². The van der Waals surface area contributed by atoms with E-state index in [0.29, 0.717) is 30.5 Å². The number of amides is 2. The standard InChI is InChI=1S/C22H19F2N7O3/c23-13-6-15(24)18(21(32)31-4-1-5-31)16(7-13)30-22(33)34-20-19(28-14-8-25-11-26-9-14)27-10-17(29-20)12-2-3-12/h6-12H,1-5H2,(H,27,28)(H,30,33).